The van der Waals surface area contributed by atoms with Gasteiger partial charge in [0.2, 0.25) is 5.95 Å². The molecule has 0 fully saturated rings. The molecule has 1 aromatic carbocycles. The van der Waals surface area contributed by atoms with Crippen LogP contribution in [0.2, 0.25) is 5.02 Å². The first-order chi connectivity index (χ1) is 8.19. The molecule has 5 nitrogen and oxygen atoms in total. The van der Waals surface area contributed by atoms with Crippen LogP contribution in [0.25, 0.3) is 0 Å². The Labute approximate surface area is 104 Å². The number of nitrogen functional groups attached to an aromatic ring is 1. The molecule has 6 heteroatoms. The van der Waals surface area contributed by atoms with Crippen LogP contribution in [0.15, 0.2) is 30.5 Å². The minimum Gasteiger partial charge on any atom is -0.339 e. The lowest BCUT2D eigenvalue weighted by molar-refractivity contribution is 1.12. The minimum atomic E-state index is 0.309. The number of hydrazine groups is 1. The molecular weight excluding hydrogens is 238 g/mol. The molecule has 0 bridgehead atoms. The molecule has 17 heavy (non-hydrogen) atoms. The van der Waals surface area contributed by atoms with E-state index in [-0.39, 0.29) is 0 Å². The predicted octanol–water partition coefficient (Wildman–Crippen LogP) is 2.47. The first kappa shape index (κ1) is 11.6. The number of nitrogens with two attached hydrogens (primary N) is 1. The van der Waals surface area contributed by atoms with Gasteiger partial charge in [-0.15, -0.1) is 0 Å². The van der Waals surface area contributed by atoms with Crippen molar-refractivity contribution in [3.63, 3.8) is 0 Å². The smallest absolute Gasteiger partial charge is 0.239 e. The zero-order valence-corrected chi connectivity index (χ0v) is 9.99. The number of hydrogen-bond acceptors (Lipinski definition) is 5. The third-order valence-electron chi connectivity index (χ3n) is 2.19. The summed E-state index contributed by atoms with van der Waals surface area (Å²) in [5, 5.41) is 3.53. The maximum Gasteiger partial charge on any atom is 0.239 e. The molecule has 0 aliphatic heterocycles. The van der Waals surface area contributed by atoms with Crippen molar-refractivity contribution in [2.45, 2.75) is 6.92 Å². The van der Waals surface area contributed by atoms with Crippen LogP contribution >= 0.6 is 11.6 Å². The number of benzene rings is 1. The quantitative estimate of drug-likeness (QED) is 0.576. The first-order valence-electron chi connectivity index (χ1n) is 5.02. The molecule has 0 spiro atoms. The summed E-state index contributed by atoms with van der Waals surface area (Å²) >= 11 is 5.98. The van der Waals surface area contributed by atoms with Gasteiger partial charge in [0.25, 0.3) is 0 Å². The van der Waals surface area contributed by atoms with E-state index in [0.717, 1.165) is 5.69 Å². The van der Waals surface area contributed by atoms with Crippen LogP contribution in [-0.2, 0) is 0 Å². The maximum atomic E-state index is 5.98. The summed E-state index contributed by atoms with van der Waals surface area (Å²) in [6.45, 7) is 2.03. The monoisotopic (exact) mass is 249 g/mol. The highest BCUT2D eigenvalue weighted by atomic mass is 35.5. The average Bonchev–Trinajstić information content (AvgIpc) is 2.35. The van der Waals surface area contributed by atoms with Gasteiger partial charge >= 0.3 is 0 Å². The van der Waals surface area contributed by atoms with Gasteiger partial charge in [-0.1, -0.05) is 29.3 Å². The van der Waals surface area contributed by atoms with Gasteiger partial charge in [-0.25, -0.2) is 10.8 Å². The van der Waals surface area contributed by atoms with Crippen molar-refractivity contribution in [3.8, 4) is 0 Å². The predicted molar refractivity (Wildman–Crippen MR) is 69.3 cm³/mol. The van der Waals surface area contributed by atoms with Crippen LogP contribution in [0.5, 0.6) is 0 Å². The van der Waals surface area contributed by atoms with Gasteiger partial charge < -0.3 is 5.32 Å². The molecule has 0 saturated carbocycles. The number of aryl methyl sites for hydroxylation is 1. The van der Waals surface area contributed by atoms with Gasteiger partial charge in [0.1, 0.15) is 5.02 Å². The normalized spacial score (nSPS) is 10.1. The summed E-state index contributed by atoms with van der Waals surface area (Å²) < 4.78 is 0. The second-order valence-electron chi connectivity index (χ2n) is 3.53. The summed E-state index contributed by atoms with van der Waals surface area (Å²) in [5.74, 6) is 6.06. The number of nitrogens with one attached hydrogen (secondary N) is 2. The summed E-state index contributed by atoms with van der Waals surface area (Å²) in [6.07, 6.45) is 1.49. The van der Waals surface area contributed by atoms with Crippen LogP contribution in [-0.4, -0.2) is 9.97 Å². The highest BCUT2D eigenvalue weighted by molar-refractivity contribution is 6.32. The molecule has 0 radical (unpaired) electrons. The second-order valence-corrected chi connectivity index (χ2v) is 3.93. The Morgan fingerprint density at radius 2 is 1.94 bits per heavy atom. The van der Waals surface area contributed by atoms with E-state index >= 15 is 0 Å². The van der Waals surface area contributed by atoms with Crippen molar-refractivity contribution in [2.75, 3.05) is 10.7 Å². The lowest BCUT2D eigenvalue weighted by atomic mass is 10.2. The fourth-order valence-corrected chi connectivity index (χ4v) is 1.44. The first-order valence-corrected chi connectivity index (χ1v) is 5.39. The summed E-state index contributed by atoms with van der Waals surface area (Å²) in [6, 6.07) is 7.89. The Morgan fingerprint density at radius 3 is 2.59 bits per heavy atom. The van der Waals surface area contributed by atoms with E-state index < -0.39 is 0 Å². The molecule has 0 saturated heterocycles. The Bertz CT molecular complexity index is 512. The van der Waals surface area contributed by atoms with E-state index in [2.05, 4.69) is 20.7 Å². The number of hydrogen-bond donors (Lipinski definition) is 3. The molecule has 0 unspecified atom stereocenters. The standard InChI is InChI=1S/C11H12ClN5/c1-7-2-4-8(5-3-7)15-10-9(12)6-14-11(16-10)17-13/h2-6H,13H2,1H3,(H2,14,15,16,17). The summed E-state index contributed by atoms with van der Waals surface area (Å²) in [4.78, 5) is 8.01. The topological polar surface area (TPSA) is 75.9 Å². The molecule has 0 amide bonds. The van der Waals surface area contributed by atoms with Gasteiger partial charge in [0.05, 0.1) is 6.20 Å². The maximum absolute atomic E-state index is 5.98. The van der Waals surface area contributed by atoms with Crippen LogP contribution in [0.1, 0.15) is 5.56 Å². The molecule has 4 N–H and O–H groups in total. The van der Waals surface area contributed by atoms with E-state index in [1.165, 1.54) is 11.8 Å². The number of halogens is 1. The summed E-state index contributed by atoms with van der Waals surface area (Å²) in [5.41, 5.74) is 4.46. The third-order valence-corrected chi connectivity index (χ3v) is 2.46. The Kier molecular flexibility index (Phi) is 3.41. The molecule has 2 aromatic rings. The van der Waals surface area contributed by atoms with Crippen molar-refractivity contribution in [1.82, 2.24) is 9.97 Å². The van der Waals surface area contributed by atoms with Crippen molar-refractivity contribution in [3.05, 3.63) is 41.0 Å². The lowest BCUT2D eigenvalue weighted by Gasteiger charge is -2.08. The van der Waals surface area contributed by atoms with Crippen LogP contribution in [0.4, 0.5) is 17.5 Å². The Morgan fingerprint density at radius 1 is 1.24 bits per heavy atom. The molecule has 88 valence electrons. The molecule has 0 aliphatic rings. The van der Waals surface area contributed by atoms with E-state index in [4.69, 9.17) is 17.4 Å². The molecule has 2 rings (SSSR count). The molecule has 1 aromatic heterocycles. The largest absolute Gasteiger partial charge is 0.339 e. The van der Waals surface area contributed by atoms with Gasteiger partial charge in [-0.3, -0.25) is 5.43 Å². The van der Waals surface area contributed by atoms with E-state index in [1.54, 1.807) is 0 Å². The second kappa shape index (κ2) is 4.99. The average molecular weight is 250 g/mol. The third kappa shape index (κ3) is 2.83. The minimum absolute atomic E-state index is 0.309. The van der Waals surface area contributed by atoms with Crippen molar-refractivity contribution < 1.29 is 0 Å². The van der Waals surface area contributed by atoms with Crippen LogP contribution in [0, 0.1) is 6.92 Å². The number of rotatable bonds is 3. The van der Waals surface area contributed by atoms with Crippen LogP contribution < -0.4 is 16.6 Å². The van der Waals surface area contributed by atoms with E-state index in [0.29, 0.717) is 16.8 Å². The fourth-order valence-electron chi connectivity index (χ4n) is 1.30. The number of nitrogens with zero attached hydrogens (tertiary/aromatic N) is 2. The Hall–Kier alpha value is -1.85. The molecule has 1 heterocycles. The molecule has 0 aliphatic carbocycles. The number of aromatic nitrogens is 2. The molecule has 0 atom stereocenters. The zero-order valence-electron chi connectivity index (χ0n) is 9.24. The highest BCUT2D eigenvalue weighted by Crippen LogP contribution is 2.23. The lowest BCUT2D eigenvalue weighted by Crippen LogP contribution is -2.11. The zero-order chi connectivity index (χ0) is 12.3. The van der Waals surface area contributed by atoms with Gasteiger partial charge in [0, 0.05) is 5.69 Å². The van der Waals surface area contributed by atoms with Gasteiger partial charge in [-0.2, -0.15) is 4.98 Å². The fraction of sp³-hybridized carbons (Fsp3) is 0.0909. The highest BCUT2D eigenvalue weighted by Gasteiger charge is 2.04. The van der Waals surface area contributed by atoms with Crippen molar-refractivity contribution in [2.24, 2.45) is 5.84 Å². The van der Waals surface area contributed by atoms with Crippen molar-refractivity contribution >= 4 is 29.1 Å². The Balaban J connectivity index is 2.25. The van der Waals surface area contributed by atoms with E-state index in [1.807, 2.05) is 31.2 Å². The number of anilines is 3. The van der Waals surface area contributed by atoms with Crippen LogP contribution in [0.3, 0.4) is 0 Å². The van der Waals surface area contributed by atoms with Gasteiger partial charge in [-0.05, 0) is 19.1 Å². The molecular formula is C11H12ClN5. The van der Waals surface area contributed by atoms with Crippen molar-refractivity contribution in [1.29, 1.82) is 0 Å². The summed E-state index contributed by atoms with van der Waals surface area (Å²) in [7, 11) is 0. The van der Waals surface area contributed by atoms with Gasteiger partial charge in [0.15, 0.2) is 5.82 Å². The SMILES string of the molecule is Cc1ccc(Nc2nc(NN)ncc2Cl)cc1. The van der Waals surface area contributed by atoms with E-state index in [9.17, 15) is 0 Å².